The van der Waals surface area contributed by atoms with Crippen LogP contribution in [0.2, 0.25) is 10.2 Å². The molecule has 3 aromatic heterocycles. The van der Waals surface area contributed by atoms with Crippen LogP contribution in [0.25, 0.3) is 10.9 Å². The van der Waals surface area contributed by atoms with E-state index >= 15 is 0 Å². The Bertz CT molecular complexity index is 822. The van der Waals surface area contributed by atoms with E-state index in [0.29, 0.717) is 15.4 Å². The zero-order valence-corrected chi connectivity index (χ0v) is 12.7. The Morgan fingerprint density at radius 2 is 2.14 bits per heavy atom. The first-order chi connectivity index (χ1) is 10.1. The summed E-state index contributed by atoms with van der Waals surface area (Å²) in [6.45, 7) is 0.00874. The van der Waals surface area contributed by atoms with Gasteiger partial charge in [0.2, 0.25) is 0 Å². The van der Waals surface area contributed by atoms with Crippen LogP contribution in [-0.2, 0) is 11.3 Å². The third kappa shape index (κ3) is 2.97. The van der Waals surface area contributed by atoms with E-state index in [2.05, 4.69) is 14.3 Å². The fourth-order valence-electron chi connectivity index (χ4n) is 1.67. The van der Waals surface area contributed by atoms with Crippen LogP contribution in [0.4, 0.5) is 0 Å². The maximum atomic E-state index is 12.0. The van der Waals surface area contributed by atoms with Crippen molar-refractivity contribution < 1.29 is 9.53 Å². The van der Waals surface area contributed by atoms with Crippen molar-refractivity contribution >= 4 is 51.6 Å². The Hall–Kier alpha value is -1.76. The minimum atomic E-state index is -0.540. The lowest BCUT2D eigenvalue weighted by Gasteiger charge is -2.04. The first kappa shape index (κ1) is 14.2. The molecule has 0 unspecified atom stereocenters. The van der Waals surface area contributed by atoms with E-state index in [1.165, 1.54) is 0 Å². The van der Waals surface area contributed by atoms with Crippen LogP contribution in [0, 0.1) is 0 Å². The Balaban J connectivity index is 1.76. The molecule has 0 fully saturated rings. The molecule has 106 valence electrons. The Labute approximate surface area is 133 Å². The van der Waals surface area contributed by atoms with Crippen molar-refractivity contribution in [3.63, 3.8) is 0 Å². The maximum absolute atomic E-state index is 12.0. The number of nitrogens with zero attached hydrogens (tertiary/aromatic N) is 3. The van der Waals surface area contributed by atoms with Crippen molar-refractivity contribution in [1.82, 2.24) is 14.3 Å². The van der Waals surface area contributed by atoms with Crippen LogP contribution < -0.4 is 0 Å². The molecule has 8 heteroatoms. The van der Waals surface area contributed by atoms with Crippen LogP contribution in [0.3, 0.4) is 0 Å². The highest BCUT2D eigenvalue weighted by atomic mass is 35.5. The van der Waals surface area contributed by atoms with Crippen LogP contribution in [0.5, 0.6) is 0 Å². The van der Waals surface area contributed by atoms with Crippen LogP contribution in [0.15, 0.2) is 30.6 Å². The number of carbonyl (C=O) groups is 1. The fourth-order valence-corrected chi connectivity index (χ4v) is 2.76. The normalized spacial score (nSPS) is 10.8. The van der Waals surface area contributed by atoms with Crippen molar-refractivity contribution in [2.24, 2.45) is 0 Å². The standard InChI is InChI=1S/C13H7Cl2N3O2S/c14-11-10(21-18-12(11)15)6-20-13(19)8-2-1-7-3-4-16-5-9(7)17-8/h1-5H,6H2. The summed E-state index contributed by atoms with van der Waals surface area (Å²) in [5, 5.41) is 1.42. The highest BCUT2D eigenvalue weighted by molar-refractivity contribution is 7.06. The number of fused-ring (bicyclic) bond motifs is 1. The first-order valence-electron chi connectivity index (χ1n) is 5.82. The maximum Gasteiger partial charge on any atom is 0.357 e. The number of aromatic nitrogens is 3. The Morgan fingerprint density at radius 3 is 2.90 bits per heavy atom. The minimum absolute atomic E-state index is 0.00874. The number of rotatable bonds is 3. The predicted octanol–water partition coefficient (Wildman–Crippen LogP) is 3.75. The smallest absolute Gasteiger partial charge is 0.357 e. The highest BCUT2D eigenvalue weighted by Crippen LogP contribution is 2.29. The molecule has 0 radical (unpaired) electrons. The summed E-state index contributed by atoms with van der Waals surface area (Å²) >= 11 is 12.7. The molecule has 0 spiro atoms. The molecule has 0 saturated heterocycles. The zero-order valence-electron chi connectivity index (χ0n) is 10.4. The van der Waals surface area contributed by atoms with Gasteiger partial charge in [0.25, 0.3) is 0 Å². The number of halogens is 2. The lowest BCUT2D eigenvalue weighted by molar-refractivity contribution is 0.0470. The molecule has 3 heterocycles. The summed E-state index contributed by atoms with van der Waals surface area (Å²) in [7, 11) is 0. The quantitative estimate of drug-likeness (QED) is 0.680. The lowest BCUT2D eigenvalue weighted by Crippen LogP contribution is -2.07. The van der Waals surface area contributed by atoms with Gasteiger partial charge in [-0.3, -0.25) is 4.98 Å². The molecular weight excluding hydrogens is 333 g/mol. The SMILES string of the molecule is O=C(OCc1snc(Cl)c1Cl)c1ccc2ccncc2n1. The number of pyridine rings is 2. The molecular formula is C13H7Cl2N3O2S. The first-order valence-corrected chi connectivity index (χ1v) is 7.35. The van der Waals surface area contributed by atoms with Gasteiger partial charge in [0.15, 0.2) is 5.15 Å². The molecule has 0 aliphatic heterocycles. The molecule has 0 aliphatic carbocycles. The topological polar surface area (TPSA) is 65.0 Å². The van der Waals surface area contributed by atoms with Gasteiger partial charge in [-0.15, -0.1) is 0 Å². The molecule has 0 aliphatic rings. The molecule has 5 nitrogen and oxygen atoms in total. The van der Waals surface area contributed by atoms with Gasteiger partial charge in [-0.1, -0.05) is 29.3 Å². The van der Waals surface area contributed by atoms with E-state index < -0.39 is 5.97 Å². The Morgan fingerprint density at radius 1 is 1.29 bits per heavy atom. The van der Waals surface area contributed by atoms with E-state index in [1.807, 2.05) is 6.07 Å². The summed E-state index contributed by atoms with van der Waals surface area (Å²) in [5.74, 6) is -0.540. The number of carbonyl (C=O) groups excluding carboxylic acids is 1. The second-order valence-corrected chi connectivity index (χ2v) is 5.65. The van der Waals surface area contributed by atoms with Crippen molar-refractivity contribution in [2.75, 3.05) is 0 Å². The van der Waals surface area contributed by atoms with E-state index in [4.69, 9.17) is 27.9 Å². The third-order valence-corrected chi connectivity index (χ3v) is 4.51. The van der Waals surface area contributed by atoms with Crippen molar-refractivity contribution in [3.8, 4) is 0 Å². The van der Waals surface area contributed by atoms with Gasteiger partial charge in [-0.2, -0.15) is 4.37 Å². The molecule has 0 N–H and O–H groups in total. The van der Waals surface area contributed by atoms with Crippen molar-refractivity contribution in [3.05, 3.63) is 51.3 Å². The van der Waals surface area contributed by atoms with E-state index in [1.54, 1.807) is 24.5 Å². The minimum Gasteiger partial charge on any atom is -0.455 e. The Kier molecular flexibility index (Phi) is 4.01. The van der Waals surface area contributed by atoms with Crippen LogP contribution in [-0.4, -0.2) is 20.3 Å². The predicted molar refractivity (Wildman–Crippen MR) is 80.8 cm³/mol. The van der Waals surface area contributed by atoms with Gasteiger partial charge in [0.05, 0.1) is 21.6 Å². The lowest BCUT2D eigenvalue weighted by atomic mass is 10.2. The van der Waals surface area contributed by atoms with Gasteiger partial charge >= 0.3 is 5.97 Å². The molecule has 3 rings (SSSR count). The largest absolute Gasteiger partial charge is 0.455 e. The average Bonchev–Trinajstić information content (AvgIpc) is 2.84. The van der Waals surface area contributed by atoms with Gasteiger partial charge in [0.1, 0.15) is 12.3 Å². The molecule has 0 bridgehead atoms. The number of ether oxygens (including phenoxy) is 1. The number of hydrogen-bond acceptors (Lipinski definition) is 6. The van der Waals surface area contributed by atoms with E-state index in [0.717, 1.165) is 16.9 Å². The summed E-state index contributed by atoms with van der Waals surface area (Å²) in [6, 6.07) is 5.21. The van der Waals surface area contributed by atoms with Gasteiger partial charge in [-0.05, 0) is 23.7 Å². The van der Waals surface area contributed by atoms with E-state index in [-0.39, 0.29) is 17.5 Å². The molecule has 0 saturated carbocycles. The second kappa shape index (κ2) is 5.93. The average molecular weight is 340 g/mol. The van der Waals surface area contributed by atoms with Gasteiger partial charge in [0, 0.05) is 11.6 Å². The van der Waals surface area contributed by atoms with Gasteiger partial charge in [-0.25, -0.2) is 9.78 Å². The second-order valence-electron chi connectivity index (χ2n) is 4.05. The van der Waals surface area contributed by atoms with E-state index in [9.17, 15) is 4.79 Å². The number of esters is 1. The molecule has 0 amide bonds. The zero-order chi connectivity index (χ0) is 14.8. The summed E-state index contributed by atoms with van der Waals surface area (Å²) < 4.78 is 9.03. The molecule has 0 aromatic carbocycles. The van der Waals surface area contributed by atoms with Crippen molar-refractivity contribution in [1.29, 1.82) is 0 Å². The molecule has 3 aromatic rings. The fraction of sp³-hybridized carbons (Fsp3) is 0.0769. The monoisotopic (exact) mass is 339 g/mol. The third-order valence-electron chi connectivity index (χ3n) is 2.70. The van der Waals surface area contributed by atoms with Gasteiger partial charge < -0.3 is 4.74 Å². The van der Waals surface area contributed by atoms with Crippen LogP contribution in [0.1, 0.15) is 15.4 Å². The highest BCUT2D eigenvalue weighted by Gasteiger charge is 2.14. The van der Waals surface area contributed by atoms with Crippen molar-refractivity contribution in [2.45, 2.75) is 6.61 Å². The van der Waals surface area contributed by atoms with Crippen LogP contribution >= 0.6 is 34.7 Å². The molecule has 21 heavy (non-hydrogen) atoms. The molecule has 0 atom stereocenters. The summed E-state index contributed by atoms with van der Waals surface area (Å²) in [6.07, 6.45) is 3.25. The summed E-state index contributed by atoms with van der Waals surface area (Å²) in [5.41, 5.74) is 0.841. The summed E-state index contributed by atoms with van der Waals surface area (Å²) in [4.78, 5) is 20.8. The number of hydrogen-bond donors (Lipinski definition) is 0.